The van der Waals surface area contributed by atoms with Crippen LogP contribution in [0.5, 0.6) is 0 Å². The van der Waals surface area contributed by atoms with Crippen LogP contribution in [0, 0.1) is 6.92 Å². The molecule has 2 rings (SSSR count). The van der Waals surface area contributed by atoms with Gasteiger partial charge in [-0.2, -0.15) is 4.98 Å². The number of rotatable bonds is 2. The predicted molar refractivity (Wildman–Crippen MR) is 68.6 cm³/mol. The zero-order chi connectivity index (χ0) is 11.5. The SMILES string of the molecule is Cc1c(Br)cccc1Nc1ccnc(N)n1. The first-order valence-corrected chi connectivity index (χ1v) is 5.57. The zero-order valence-corrected chi connectivity index (χ0v) is 10.3. The normalized spacial score (nSPS) is 10.1. The second kappa shape index (κ2) is 4.49. The van der Waals surface area contributed by atoms with Gasteiger partial charge < -0.3 is 11.1 Å². The molecule has 16 heavy (non-hydrogen) atoms. The van der Waals surface area contributed by atoms with Crippen LogP contribution < -0.4 is 11.1 Å². The highest BCUT2D eigenvalue weighted by Crippen LogP contribution is 2.25. The maximum atomic E-state index is 5.51. The van der Waals surface area contributed by atoms with E-state index in [1.807, 2.05) is 25.1 Å². The molecule has 82 valence electrons. The van der Waals surface area contributed by atoms with Crippen molar-refractivity contribution in [2.45, 2.75) is 6.92 Å². The van der Waals surface area contributed by atoms with Crippen LogP contribution in [0.1, 0.15) is 5.56 Å². The van der Waals surface area contributed by atoms with Gasteiger partial charge in [0.2, 0.25) is 5.95 Å². The van der Waals surface area contributed by atoms with Gasteiger partial charge in [-0.05, 0) is 30.7 Å². The molecule has 0 atom stereocenters. The summed E-state index contributed by atoms with van der Waals surface area (Å²) < 4.78 is 1.06. The Kier molecular flexibility index (Phi) is 3.05. The predicted octanol–water partition coefficient (Wildman–Crippen LogP) is 2.87. The van der Waals surface area contributed by atoms with Gasteiger partial charge in [0.1, 0.15) is 5.82 Å². The Bertz CT molecular complexity index is 513. The molecule has 0 spiro atoms. The summed E-state index contributed by atoms with van der Waals surface area (Å²) in [5.74, 6) is 0.950. The first kappa shape index (κ1) is 10.9. The van der Waals surface area contributed by atoms with Crippen LogP contribution in [-0.2, 0) is 0 Å². The van der Waals surface area contributed by atoms with Gasteiger partial charge in [-0.25, -0.2) is 4.98 Å². The zero-order valence-electron chi connectivity index (χ0n) is 8.74. The molecule has 5 heteroatoms. The molecule has 0 saturated carbocycles. The number of nitrogens with zero attached hydrogens (tertiary/aromatic N) is 2. The number of benzene rings is 1. The van der Waals surface area contributed by atoms with E-state index in [1.165, 1.54) is 0 Å². The number of nitrogen functional groups attached to an aromatic ring is 1. The molecular weight excluding hydrogens is 268 g/mol. The molecule has 3 N–H and O–H groups in total. The second-order valence-corrected chi connectivity index (χ2v) is 4.19. The van der Waals surface area contributed by atoms with E-state index < -0.39 is 0 Å². The van der Waals surface area contributed by atoms with Gasteiger partial charge in [0.05, 0.1) is 0 Å². The van der Waals surface area contributed by atoms with Crippen LogP contribution >= 0.6 is 15.9 Å². The summed E-state index contributed by atoms with van der Waals surface area (Å²) in [5, 5.41) is 3.19. The monoisotopic (exact) mass is 278 g/mol. The van der Waals surface area contributed by atoms with Gasteiger partial charge in [-0.3, -0.25) is 0 Å². The van der Waals surface area contributed by atoms with Gasteiger partial charge in [-0.1, -0.05) is 22.0 Å². The topological polar surface area (TPSA) is 63.8 Å². The Labute approximate surface area is 102 Å². The van der Waals surface area contributed by atoms with Crippen LogP contribution in [-0.4, -0.2) is 9.97 Å². The average Bonchev–Trinajstić information content (AvgIpc) is 2.25. The Morgan fingerprint density at radius 3 is 2.88 bits per heavy atom. The van der Waals surface area contributed by atoms with Gasteiger partial charge in [-0.15, -0.1) is 0 Å². The average molecular weight is 279 g/mol. The quantitative estimate of drug-likeness (QED) is 0.887. The summed E-state index contributed by atoms with van der Waals surface area (Å²) in [7, 11) is 0. The van der Waals surface area contributed by atoms with Crippen molar-refractivity contribution in [1.29, 1.82) is 0 Å². The van der Waals surface area contributed by atoms with Gasteiger partial charge >= 0.3 is 0 Å². The van der Waals surface area contributed by atoms with Crippen molar-refractivity contribution < 1.29 is 0 Å². The largest absolute Gasteiger partial charge is 0.368 e. The molecule has 1 aromatic heterocycles. The van der Waals surface area contributed by atoms with Crippen molar-refractivity contribution in [3.63, 3.8) is 0 Å². The lowest BCUT2D eigenvalue weighted by Crippen LogP contribution is -2.00. The lowest BCUT2D eigenvalue weighted by atomic mass is 10.2. The molecular formula is C11H11BrN4. The molecule has 0 aliphatic carbocycles. The van der Waals surface area contributed by atoms with Crippen LogP contribution in [0.4, 0.5) is 17.5 Å². The third-order valence-corrected chi connectivity index (χ3v) is 3.06. The maximum absolute atomic E-state index is 5.51. The molecule has 0 bridgehead atoms. The third-order valence-electron chi connectivity index (χ3n) is 2.20. The fraction of sp³-hybridized carbons (Fsp3) is 0.0909. The van der Waals surface area contributed by atoms with E-state index in [-0.39, 0.29) is 5.95 Å². The maximum Gasteiger partial charge on any atom is 0.221 e. The van der Waals surface area contributed by atoms with E-state index in [9.17, 15) is 0 Å². The van der Waals surface area contributed by atoms with E-state index in [0.29, 0.717) is 5.82 Å². The number of nitrogens with two attached hydrogens (primary N) is 1. The molecule has 0 fully saturated rings. The van der Waals surface area contributed by atoms with Gasteiger partial charge in [0, 0.05) is 16.4 Å². The molecule has 0 unspecified atom stereocenters. The van der Waals surface area contributed by atoms with Crippen molar-refractivity contribution in [2.24, 2.45) is 0 Å². The summed E-state index contributed by atoms with van der Waals surface area (Å²) in [6, 6.07) is 7.72. The smallest absolute Gasteiger partial charge is 0.221 e. The summed E-state index contributed by atoms with van der Waals surface area (Å²) in [4.78, 5) is 7.92. The van der Waals surface area contributed by atoms with E-state index in [4.69, 9.17) is 5.73 Å². The van der Waals surface area contributed by atoms with Crippen molar-refractivity contribution in [3.8, 4) is 0 Å². The highest BCUT2D eigenvalue weighted by atomic mass is 79.9. The minimum absolute atomic E-state index is 0.262. The lowest BCUT2D eigenvalue weighted by Gasteiger charge is -2.09. The molecule has 0 aliphatic heterocycles. The molecule has 0 saturated heterocycles. The van der Waals surface area contributed by atoms with Crippen LogP contribution in [0.2, 0.25) is 0 Å². The molecule has 0 amide bonds. The van der Waals surface area contributed by atoms with Crippen LogP contribution in [0.15, 0.2) is 34.9 Å². The summed E-state index contributed by atoms with van der Waals surface area (Å²) in [5.41, 5.74) is 7.63. The Balaban J connectivity index is 2.31. The highest BCUT2D eigenvalue weighted by Gasteiger charge is 2.02. The first-order chi connectivity index (χ1) is 7.66. The summed E-state index contributed by atoms with van der Waals surface area (Å²) in [6.07, 6.45) is 1.62. The molecule has 0 aliphatic rings. The Morgan fingerprint density at radius 2 is 2.12 bits per heavy atom. The van der Waals surface area contributed by atoms with Crippen molar-refractivity contribution in [2.75, 3.05) is 11.1 Å². The Morgan fingerprint density at radius 1 is 1.31 bits per heavy atom. The fourth-order valence-corrected chi connectivity index (χ4v) is 1.69. The summed E-state index contributed by atoms with van der Waals surface area (Å²) in [6.45, 7) is 2.02. The lowest BCUT2D eigenvalue weighted by molar-refractivity contribution is 1.18. The van der Waals surface area contributed by atoms with Crippen molar-refractivity contribution in [1.82, 2.24) is 9.97 Å². The van der Waals surface area contributed by atoms with Crippen molar-refractivity contribution >= 4 is 33.4 Å². The number of anilines is 3. The number of hydrogen-bond donors (Lipinski definition) is 2. The first-order valence-electron chi connectivity index (χ1n) is 4.77. The number of aromatic nitrogens is 2. The third kappa shape index (κ3) is 2.30. The van der Waals surface area contributed by atoms with E-state index in [1.54, 1.807) is 12.3 Å². The molecule has 2 aromatic rings. The van der Waals surface area contributed by atoms with E-state index >= 15 is 0 Å². The number of hydrogen-bond acceptors (Lipinski definition) is 4. The van der Waals surface area contributed by atoms with Crippen molar-refractivity contribution in [3.05, 3.63) is 40.5 Å². The molecule has 4 nitrogen and oxygen atoms in total. The molecule has 0 radical (unpaired) electrons. The van der Waals surface area contributed by atoms with Crippen LogP contribution in [0.25, 0.3) is 0 Å². The minimum Gasteiger partial charge on any atom is -0.368 e. The fourth-order valence-electron chi connectivity index (χ4n) is 1.32. The Hall–Kier alpha value is -1.62. The summed E-state index contributed by atoms with van der Waals surface area (Å²) >= 11 is 3.48. The molecule has 1 aromatic carbocycles. The second-order valence-electron chi connectivity index (χ2n) is 3.34. The number of nitrogens with one attached hydrogen (secondary N) is 1. The highest BCUT2D eigenvalue weighted by molar-refractivity contribution is 9.10. The van der Waals surface area contributed by atoms with Crippen LogP contribution in [0.3, 0.4) is 0 Å². The number of halogens is 1. The molecule has 1 heterocycles. The van der Waals surface area contributed by atoms with Gasteiger partial charge in [0.25, 0.3) is 0 Å². The van der Waals surface area contributed by atoms with E-state index in [0.717, 1.165) is 15.7 Å². The van der Waals surface area contributed by atoms with Gasteiger partial charge in [0.15, 0.2) is 0 Å². The van der Waals surface area contributed by atoms with E-state index in [2.05, 4.69) is 31.2 Å². The standard InChI is InChI=1S/C11H11BrN4/c1-7-8(12)3-2-4-9(7)15-10-5-6-14-11(13)16-10/h2-6H,1H3,(H3,13,14,15,16). The minimum atomic E-state index is 0.262.